The molecule has 3 atom stereocenters. The summed E-state index contributed by atoms with van der Waals surface area (Å²) in [5.74, 6) is -0.194. The zero-order valence-corrected chi connectivity index (χ0v) is 14.0. The largest absolute Gasteiger partial charge is 0.379 e. The average Bonchev–Trinajstić information content (AvgIpc) is 2.59. The fraction of sp³-hybridized carbons (Fsp3) is 0.471. The highest BCUT2D eigenvalue weighted by atomic mass is 16.3. The van der Waals surface area contributed by atoms with Gasteiger partial charge in [-0.25, -0.2) is 4.79 Å². The second kappa shape index (κ2) is 7.20. The Bertz CT molecular complexity index is 880. The number of aliphatic hydroxyl groups excluding tert-OH is 1. The number of H-pyrrole nitrogens is 1. The Morgan fingerprint density at radius 2 is 2.12 bits per heavy atom. The number of benzene rings is 1. The number of fused-ring (bicyclic) bond motifs is 1. The van der Waals surface area contributed by atoms with Crippen LogP contribution in [0.2, 0.25) is 0 Å². The van der Waals surface area contributed by atoms with E-state index in [2.05, 4.69) is 15.6 Å². The van der Waals surface area contributed by atoms with Crippen LogP contribution in [-0.2, 0) is 11.3 Å². The molecule has 1 aromatic heterocycles. The maximum absolute atomic E-state index is 12.4. The number of nitrogens with zero attached hydrogens (tertiary/aromatic N) is 1. The highest BCUT2D eigenvalue weighted by Crippen LogP contribution is 2.16. The quantitative estimate of drug-likeness (QED) is 0.596. The second-order valence-corrected chi connectivity index (χ2v) is 6.48. The minimum absolute atomic E-state index is 0.122. The van der Waals surface area contributed by atoms with Gasteiger partial charge in [-0.3, -0.25) is 19.5 Å². The summed E-state index contributed by atoms with van der Waals surface area (Å²) in [5.41, 5.74) is -0.632. The van der Waals surface area contributed by atoms with E-state index in [0.717, 1.165) is 11.0 Å². The molecule has 0 radical (unpaired) electrons. The summed E-state index contributed by atoms with van der Waals surface area (Å²) in [6.07, 6.45) is 0.940. The summed E-state index contributed by atoms with van der Waals surface area (Å²) in [4.78, 5) is 39.4. The number of hydrogen-bond donors (Lipinski definition) is 4. The van der Waals surface area contributed by atoms with Crippen molar-refractivity contribution in [1.82, 2.24) is 20.2 Å². The molecule has 0 saturated carbocycles. The average molecular weight is 346 g/mol. The molecule has 0 bridgehead atoms. The standard InChI is InChI=1S/C17H22N4O4/c1-10(11-6-7-14(22)18-8-11)19-15(23)9-21-16(24)12-4-2-3-5-13(12)20-17(21)25/h2-5,10-11,14,18,22H,6-9H2,1H3,(H,19,23)(H,20,25)/t10-,11?,14?/m0/s1. The van der Waals surface area contributed by atoms with Gasteiger partial charge < -0.3 is 15.4 Å². The number of hydrogen-bond acceptors (Lipinski definition) is 5. The van der Waals surface area contributed by atoms with Gasteiger partial charge in [-0.05, 0) is 37.8 Å². The number of aliphatic hydroxyl groups is 1. The Balaban J connectivity index is 1.72. The van der Waals surface area contributed by atoms with Crippen LogP contribution in [0, 0.1) is 5.92 Å². The first-order chi connectivity index (χ1) is 12.0. The monoisotopic (exact) mass is 346 g/mol. The maximum atomic E-state index is 12.4. The first-order valence-corrected chi connectivity index (χ1v) is 8.38. The molecule has 2 aromatic rings. The Morgan fingerprint density at radius 3 is 2.84 bits per heavy atom. The number of piperidine rings is 1. The van der Waals surface area contributed by atoms with Gasteiger partial charge in [-0.15, -0.1) is 0 Å². The van der Waals surface area contributed by atoms with Crippen molar-refractivity contribution in [3.63, 3.8) is 0 Å². The summed E-state index contributed by atoms with van der Waals surface area (Å²) in [6.45, 7) is 2.17. The number of aromatic amines is 1. The van der Waals surface area contributed by atoms with Crippen molar-refractivity contribution in [2.24, 2.45) is 5.92 Å². The molecular formula is C17H22N4O4. The van der Waals surface area contributed by atoms with Crippen molar-refractivity contribution < 1.29 is 9.90 Å². The van der Waals surface area contributed by atoms with Crippen LogP contribution in [0.25, 0.3) is 10.9 Å². The number of para-hydroxylation sites is 1. The number of carbonyl (C=O) groups is 1. The van der Waals surface area contributed by atoms with E-state index >= 15 is 0 Å². The fourth-order valence-electron chi connectivity index (χ4n) is 3.19. The van der Waals surface area contributed by atoms with Gasteiger partial charge in [0, 0.05) is 12.6 Å². The Hall–Kier alpha value is -2.45. The van der Waals surface area contributed by atoms with E-state index in [4.69, 9.17) is 0 Å². The van der Waals surface area contributed by atoms with E-state index in [1.807, 2.05) is 6.92 Å². The summed E-state index contributed by atoms with van der Waals surface area (Å²) < 4.78 is 0.910. The lowest BCUT2D eigenvalue weighted by Crippen LogP contribution is -2.49. The van der Waals surface area contributed by atoms with Crippen LogP contribution in [0.1, 0.15) is 19.8 Å². The molecule has 0 aliphatic carbocycles. The van der Waals surface area contributed by atoms with Crippen LogP contribution in [0.3, 0.4) is 0 Å². The first kappa shape index (κ1) is 17.4. The van der Waals surface area contributed by atoms with Crippen molar-refractivity contribution in [2.75, 3.05) is 6.54 Å². The molecule has 1 aliphatic rings. The molecule has 2 unspecified atom stereocenters. The zero-order valence-electron chi connectivity index (χ0n) is 14.0. The minimum atomic E-state index is -0.603. The van der Waals surface area contributed by atoms with Gasteiger partial charge >= 0.3 is 5.69 Å². The Morgan fingerprint density at radius 1 is 1.36 bits per heavy atom. The number of nitrogens with one attached hydrogen (secondary N) is 3. The van der Waals surface area contributed by atoms with E-state index in [9.17, 15) is 19.5 Å². The lowest BCUT2D eigenvalue weighted by atomic mass is 9.92. The molecule has 25 heavy (non-hydrogen) atoms. The molecular weight excluding hydrogens is 324 g/mol. The third-order valence-corrected chi connectivity index (χ3v) is 4.71. The van der Waals surface area contributed by atoms with Crippen LogP contribution in [0.15, 0.2) is 33.9 Å². The smallest absolute Gasteiger partial charge is 0.329 e. The second-order valence-electron chi connectivity index (χ2n) is 6.48. The van der Waals surface area contributed by atoms with E-state index in [1.165, 1.54) is 0 Å². The number of carbonyl (C=O) groups excluding carboxylic acids is 1. The van der Waals surface area contributed by atoms with Crippen molar-refractivity contribution in [1.29, 1.82) is 0 Å². The molecule has 2 heterocycles. The number of aromatic nitrogens is 2. The van der Waals surface area contributed by atoms with Gasteiger partial charge in [-0.1, -0.05) is 12.1 Å². The predicted molar refractivity (Wildman–Crippen MR) is 93.2 cm³/mol. The SMILES string of the molecule is C[C@H](NC(=O)Cn1c(=O)[nH]c2ccccc2c1=O)C1CCC(O)NC1. The lowest BCUT2D eigenvalue weighted by molar-refractivity contribution is -0.122. The maximum Gasteiger partial charge on any atom is 0.329 e. The van der Waals surface area contributed by atoms with Gasteiger partial charge in [-0.2, -0.15) is 0 Å². The Kier molecular flexibility index (Phi) is 5.00. The van der Waals surface area contributed by atoms with E-state index in [-0.39, 0.29) is 24.4 Å². The van der Waals surface area contributed by atoms with Gasteiger partial charge in [0.2, 0.25) is 5.91 Å². The van der Waals surface area contributed by atoms with Gasteiger partial charge in [0.15, 0.2) is 0 Å². The molecule has 134 valence electrons. The molecule has 0 spiro atoms. The molecule has 1 fully saturated rings. The summed E-state index contributed by atoms with van der Waals surface area (Å²) in [5, 5.41) is 15.6. The number of amides is 1. The summed E-state index contributed by atoms with van der Waals surface area (Å²) >= 11 is 0. The zero-order chi connectivity index (χ0) is 18.0. The topological polar surface area (TPSA) is 116 Å². The number of rotatable bonds is 4. The van der Waals surface area contributed by atoms with Crippen molar-refractivity contribution in [2.45, 2.75) is 38.6 Å². The van der Waals surface area contributed by atoms with Gasteiger partial charge in [0.1, 0.15) is 12.8 Å². The third-order valence-electron chi connectivity index (χ3n) is 4.71. The van der Waals surface area contributed by atoms with Crippen molar-refractivity contribution >= 4 is 16.8 Å². The van der Waals surface area contributed by atoms with Crippen LogP contribution in [0.4, 0.5) is 0 Å². The molecule has 1 aliphatic heterocycles. The molecule has 1 aromatic carbocycles. The highest BCUT2D eigenvalue weighted by Gasteiger charge is 2.25. The highest BCUT2D eigenvalue weighted by molar-refractivity contribution is 5.79. The molecule has 1 amide bonds. The van der Waals surface area contributed by atoms with Gasteiger partial charge in [0.25, 0.3) is 5.56 Å². The van der Waals surface area contributed by atoms with Gasteiger partial charge in [0.05, 0.1) is 10.9 Å². The van der Waals surface area contributed by atoms with Crippen molar-refractivity contribution in [3.8, 4) is 0 Å². The lowest BCUT2D eigenvalue weighted by Gasteiger charge is -2.31. The normalized spacial score (nSPS) is 21.8. The molecule has 3 rings (SSSR count). The third kappa shape index (κ3) is 3.80. The van der Waals surface area contributed by atoms with Crippen LogP contribution in [-0.4, -0.2) is 39.4 Å². The molecule has 1 saturated heterocycles. The minimum Gasteiger partial charge on any atom is -0.379 e. The molecule has 4 N–H and O–H groups in total. The van der Waals surface area contributed by atoms with Crippen LogP contribution in [0.5, 0.6) is 0 Å². The van der Waals surface area contributed by atoms with E-state index in [1.54, 1.807) is 24.3 Å². The summed E-state index contributed by atoms with van der Waals surface area (Å²) in [7, 11) is 0. The van der Waals surface area contributed by atoms with E-state index in [0.29, 0.717) is 23.9 Å². The Labute approximate surface area is 143 Å². The predicted octanol–water partition coefficient (Wildman–Crippen LogP) is -0.487. The fourth-order valence-corrected chi connectivity index (χ4v) is 3.19. The van der Waals surface area contributed by atoms with Crippen LogP contribution < -0.4 is 21.9 Å². The van der Waals surface area contributed by atoms with Crippen LogP contribution >= 0.6 is 0 Å². The molecule has 8 heteroatoms. The van der Waals surface area contributed by atoms with E-state index < -0.39 is 17.5 Å². The summed E-state index contributed by atoms with van der Waals surface area (Å²) in [6, 6.07) is 6.58. The first-order valence-electron chi connectivity index (χ1n) is 8.38. The molecule has 8 nitrogen and oxygen atoms in total. The van der Waals surface area contributed by atoms with Crippen molar-refractivity contribution in [3.05, 3.63) is 45.1 Å².